The first-order valence-electron chi connectivity index (χ1n) is 9.37. The van der Waals surface area contributed by atoms with E-state index in [2.05, 4.69) is 30.3 Å². The summed E-state index contributed by atoms with van der Waals surface area (Å²) >= 11 is 0. The molecule has 2 aliphatic carbocycles. The highest BCUT2D eigenvalue weighted by molar-refractivity contribution is 6.07. The van der Waals surface area contributed by atoms with Gasteiger partial charge in [0.2, 0.25) is 0 Å². The van der Waals surface area contributed by atoms with E-state index in [1.54, 1.807) is 6.07 Å². The van der Waals surface area contributed by atoms with E-state index < -0.39 is 18.2 Å². The van der Waals surface area contributed by atoms with Crippen molar-refractivity contribution >= 4 is 33.5 Å². The number of esters is 2. The number of hydrogen-bond donors (Lipinski definition) is 0. The van der Waals surface area contributed by atoms with E-state index in [9.17, 15) is 9.59 Å². The third-order valence-electron chi connectivity index (χ3n) is 4.70. The number of hydrogen-bond acceptors (Lipinski definition) is 4. The van der Waals surface area contributed by atoms with Crippen molar-refractivity contribution in [2.75, 3.05) is 0 Å². The van der Waals surface area contributed by atoms with Crippen LogP contribution in [0.1, 0.15) is 25.7 Å². The van der Waals surface area contributed by atoms with E-state index in [0.717, 1.165) is 21.5 Å². The Hall–Kier alpha value is -3.66. The second-order valence-electron chi connectivity index (χ2n) is 6.90. The lowest BCUT2D eigenvalue weighted by atomic mass is 10.00. The molecule has 0 saturated heterocycles. The summed E-state index contributed by atoms with van der Waals surface area (Å²) in [6, 6.07) is 26.2. The number of fused-ring (bicyclic) bond motifs is 4. The van der Waals surface area contributed by atoms with Gasteiger partial charge in [-0.05, 0) is 44.8 Å². The van der Waals surface area contributed by atoms with Gasteiger partial charge in [0.25, 0.3) is 6.29 Å². The van der Waals surface area contributed by atoms with E-state index in [1.807, 2.05) is 42.5 Å². The van der Waals surface area contributed by atoms with Crippen molar-refractivity contribution in [1.29, 1.82) is 0 Å². The first-order valence-corrected chi connectivity index (χ1v) is 9.37. The molecule has 0 radical (unpaired) electrons. The van der Waals surface area contributed by atoms with Crippen LogP contribution >= 0.6 is 0 Å². The lowest BCUT2D eigenvalue weighted by molar-refractivity contribution is -0.186. The van der Waals surface area contributed by atoms with Gasteiger partial charge in [-0.15, -0.1) is 0 Å². The summed E-state index contributed by atoms with van der Waals surface area (Å²) in [6.07, 6.45) is -1.03. The molecule has 144 valence electrons. The van der Waals surface area contributed by atoms with Crippen molar-refractivity contribution in [1.82, 2.24) is 0 Å². The molecule has 0 saturated carbocycles. The Kier molecular flexibility index (Phi) is 5.00. The first kappa shape index (κ1) is 18.7. The summed E-state index contributed by atoms with van der Waals surface area (Å²) < 4.78 is 10.3. The Morgan fingerprint density at radius 1 is 0.655 bits per heavy atom. The fraction of sp³-hybridized carbons (Fsp3) is 0.120. The molecule has 0 aromatic heterocycles. The molecule has 3 aromatic carbocycles. The number of carbonyl (C=O) groups is 2. The molecule has 2 aliphatic rings. The average molecular weight is 384 g/mol. The van der Waals surface area contributed by atoms with Gasteiger partial charge in [-0.2, -0.15) is 0 Å². The van der Waals surface area contributed by atoms with Gasteiger partial charge in [0.1, 0.15) is 0 Å². The minimum atomic E-state index is -1.03. The van der Waals surface area contributed by atoms with Crippen LogP contribution < -0.4 is 0 Å². The first-order chi connectivity index (χ1) is 14.0. The monoisotopic (exact) mass is 384 g/mol. The Morgan fingerprint density at radius 3 is 1.79 bits per heavy atom. The van der Waals surface area contributed by atoms with Gasteiger partial charge in [0.15, 0.2) is 0 Å². The lowest BCUT2D eigenvalue weighted by Crippen LogP contribution is -2.14. The molecule has 0 aliphatic heterocycles. The quantitative estimate of drug-likeness (QED) is 0.225. The second kappa shape index (κ2) is 7.76. The van der Waals surface area contributed by atoms with Crippen molar-refractivity contribution in [3.05, 3.63) is 84.4 Å². The Balaban J connectivity index is 0.000000286. The maximum atomic E-state index is 11.3. The maximum absolute atomic E-state index is 11.3. The molecule has 0 heterocycles. The van der Waals surface area contributed by atoms with Crippen molar-refractivity contribution in [2.24, 2.45) is 0 Å². The molecular formula is C25H20O4. The van der Waals surface area contributed by atoms with Crippen molar-refractivity contribution in [2.45, 2.75) is 20.1 Å². The molecule has 0 fully saturated rings. The van der Waals surface area contributed by atoms with Crippen LogP contribution in [0.4, 0.5) is 0 Å². The smallest absolute Gasteiger partial charge is 0.305 e. The molecule has 4 nitrogen and oxygen atoms in total. The Morgan fingerprint density at radius 2 is 1.24 bits per heavy atom. The summed E-state index contributed by atoms with van der Waals surface area (Å²) in [5.74, 6) is -1.01. The molecule has 0 atom stereocenters. The van der Waals surface area contributed by atoms with Gasteiger partial charge in [0, 0.05) is 19.4 Å². The summed E-state index contributed by atoms with van der Waals surface area (Å²) in [7, 11) is 0. The van der Waals surface area contributed by atoms with Crippen molar-refractivity contribution < 1.29 is 19.1 Å². The third kappa shape index (κ3) is 4.27. The van der Waals surface area contributed by atoms with Gasteiger partial charge in [-0.3, -0.25) is 9.59 Å². The number of carbonyl (C=O) groups excluding carboxylic acids is 2. The summed E-state index contributed by atoms with van der Waals surface area (Å²) in [5.41, 5.74) is 3.48. The summed E-state index contributed by atoms with van der Waals surface area (Å²) in [5, 5.41) is 4.30. The van der Waals surface area contributed by atoms with E-state index in [4.69, 9.17) is 9.47 Å². The molecule has 29 heavy (non-hydrogen) atoms. The van der Waals surface area contributed by atoms with Crippen LogP contribution in [-0.2, 0) is 19.1 Å². The molecule has 5 rings (SSSR count). The van der Waals surface area contributed by atoms with Crippen LogP contribution in [0.2, 0.25) is 0 Å². The highest BCUT2D eigenvalue weighted by Gasteiger charge is 2.18. The van der Waals surface area contributed by atoms with E-state index in [0.29, 0.717) is 5.56 Å². The van der Waals surface area contributed by atoms with Crippen LogP contribution in [0, 0.1) is 0 Å². The molecule has 0 amide bonds. The number of benzene rings is 4. The Bertz CT molecular complexity index is 1190. The predicted molar refractivity (Wildman–Crippen MR) is 113 cm³/mol. The van der Waals surface area contributed by atoms with Gasteiger partial charge in [0.05, 0.1) is 0 Å². The standard InChI is InChI=1S/C19H16O4.C6H4/c1-12(20)22-19(23-13(2)21)16-10-9-15-8-7-14-5-3-4-6-17(14)18(15)11-16;1-2-5-4-6(5)3-1/h3-11,19H,1-2H3;1-4H. The third-order valence-corrected chi connectivity index (χ3v) is 4.70. The number of ether oxygens (including phenoxy) is 2. The molecule has 0 bridgehead atoms. The van der Waals surface area contributed by atoms with E-state index >= 15 is 0 Å². The second-order valence-corrected chi connectivity index (χ2v) is 6.90. The molecule has 0 unspecified atom stereocenters. The number of rotatable bonds is 3. The molecule has 4 heteroatoms. The SMILES string of the molecule is CC(=O)OC(OC(C)=O)c1ccc2ccc3ccccc3c2c1.c1cc2cc-2c1. The van der Waals surface area contributed by atoms with Gasteiger partial charge in [-0.25, -0.2) is 0 Å². The zero-order chi connectivity index (χ0) is 20.4. The van der Waals surface area contributed by atoms with E-state index in [-0.39, 0.29) is 0 Å². The van der Waals surface area contributed by atoms with Gasteiger partial charge in [-0.1, -0.05) is 66.7 Å². The van der Waals surface area contributed by atoms with Crippen LogP contribution in [0.15, 0.2) is 78.9 Å². The van der Waals surface area contributed by atoms with Gasteiger partial charge >= 0.3 is 11.9 Å². The largest absolute Gasteiger partial charge is 0.421 e. The molecular weight excluding hydrogens is 364 g/mol. The average Bonchev–Trinajstić information content (AvgIpc) is 3.31. The highest BCUT2D eigenvalue weighted by atomic mass is 16.7. The minimum absolute atomic E-state index is 0.505. The van der Waals surface area contributed by atoms with Crippen molar-refractivity contribution in [3.63, 3.8) is 0 Å². The fourth-order valence-electron chi connectivity index (χ4n) is 3.30. The molecule has 3 aromatic rings. The van der Waals surface area contributed by atoms with Crippen LogP contribution in [-0.4, -0.2) is 11.9 Å². The fourth-order valence-corrected chi connectivity index (χ4v) is 3.30. The Labute approximate surface area is 168 Å². The van der Waals surface area contributed by atoms with Crippen LogP contribution in [0.3, 0.4) is 0 Å². The van der Waals surface area contributed by atoms with Crippen LogP contribution in [0.5, 0.6) is 0 Å². The lowest BCUT2D eigenvalue weighted by Gasteiger charge is -2.17. The topological polar surface area (TPSA) is 52.6 Å². The predicted octanol–water partition coefficient (Wildman–Crippen LogP) is 5.78. The molecule has 0 spiro atoms. The summed E-state index contributed by atoms with van der Waals surface area (Å²) in [4.78, 5) is 22.5. The van der Waals surface area contributed by atoms with E-state index in [1.165, 1.54) is 25.0 Å². The van der Waals surface area contributed by atoms with Gasteiger partial charge < -0.3 is 9.47 Å². The zero-order valence-electron chi connectivity index (χ0n) is 16.2. The van der Waals surface area contributed by atoms with Crippen LogP contribution in [0.25, 0.3) is 32.7 Å². The van der Waals surface area contributed by atoms with Crippen molar-refractivity contribution in [3.8, 4) is 11.1 Å². The minimum Gasteiger partial charge on any atom is -0.421 e. The zero-order valence-corrected chi connectivity index (χ0v) is 16.2. The summed E-state index contributed by atoms with van der Waals surface area (Å²) in [6.45, 7) is 2.57. The maximum Gasteiger partial charge on any atom is 0.305 e. The normalized spacial score (nSPS) is 11.0. The highest BCUT2D eigenvalue weighted by Crippen LogP contribution is 2.32. The molecule has 0 N–H and O–H groups in total.